The Hall–Kier alpha value is -3.51. The van der Waals surface area contributed by atoms with E-state index in [1.54, 1.807) is 34.6 Å². The number of amides is 4. The first-order valence-corrected chi connectivity index (χ1v) is 13.6. The van der Waals surface area contributed by atoms with Crippen LogP contribution >= 0.6 is 0 Å². The summed E-state index contributed by atoms with van der Waals surface area (Å²) in [4.78, 5) is 63.3. The number of hydrogen-bond donors (Lipinski definition) is 7. The Bertz CT molecular complexity index is 1000. The number of carbonyl (C=O) groups excluding carboxylic acids is 4. The smallest absolute Gasteiger partial charge is 0.326 e. The third kappa shape index (κ3) is 10.6. The highest BCUT2D eigenvalue weighted by Gasteiger charge is 2.34. The van der Waals surface area contributed by atoms with E-state index in [1.165, 1.54) is 0 Å². The van der Waals surface area contributed by atoms with Crippen LogP contribution in [0.25, 0.3) is 0 Å². The molecule has 0 heterocycles. The van der Waals surface area contributed by atoms with E-state index < -0.39 is 78.2 Å². The fourth-order valence-electron chi connectivity index (χ4n) is 3.92. The van der Waals surface area contributed by atoms with Crippen molar-refractivity contribution in [2.45, 2.75) is 84.6 Å². The zero-order valence-corrected chi connectivity index (χ0v) is 24.1. The lowest BCUT2D eigenvalue weighted by molar-refractivity contribution is -0.144. The largest absolute Gasteiger partial charge is 0.480 e. The highest BCUT2D eigenvalue weighted by molar-refractivity contribution is 5.95. The maximum atomic E-state index is 13.3. The number of aliphatic hydroxyl groups is 1. The Balaban J connectivity index is 2.98. The number of hydrogen-bond acceptors (Lipinski definition) is 7. The topological polar surface area (TPSA) is 200 Å². The number of aliphatic hydroxyl groups excluding tert-OH is 1. The molecule has 0 aliphatic carbocycles. The minimum atomic E-state index is -1.44. The number of aliphatic carboxylic acids is 1. The molecule has 0 unspecified atom stereocenters. The van der Waals surface area contributed by atoms with Crippen LogP contribution in [-0.4, -0.2) is 76.6 Å². The SMILES string of the molecule is CC[C@H](C)[C@H](NC(=O)[C@@H](N)Cc1ccccc1)C(=O)N[C@H](C(=O)N[C@@H](CO)C(=O)N[C@H](C(=O)O)C(C)C)C(C)C. The molecule has 12 heteroatoms. The van der Waals surface area contributed by atoms with Gasteiger partial charge in [0.2, 0.25) is 23.6 Å². The van der Waals surface area contributed by atoms with Gasteiger partial charge in [0.15, 0.2) is 0 Å². The molecule has 0 radical (unpaired) electrons. The molecule has 0 fully saturated rings. The summed E-state index contributed by atoms with van der Waals surface area (Å²) in [6.45, 7) is 9.45. The zero-order chi connectivity index (χ0) is 30.6. The molecule has 1 rings (SSSR count). The fourth-order valence-corrected chi connectivity index (χ4v) is 3.92. The summed E-state index contributed by atoms with van der Waals surface area (Å²) < 4.78 is 0. The average Bonchev–Trinajstić information content (AvgIpc) is 2.90. The molecular weight excluding hydrogens is 518 g/mol. The van der Waals surface area contributed by atoms with Crippen molar-refractivity contribution in [3.8, 4) is 0 Å². The van der Waals surface area contributed by atoms with Crippen molar-refractivity contribution in [1.29, 1.82) is 0 Å². The van der Waals surface area contributed by atoms with Crippen LogP contribution in [0, 0.1) is 17.8 Å². The van der Waals surface area contributed by atoms with Gasteiger partial charge in [-0.1, -0.05) is 78.3 Å². The Morgan fingerprint density at radius 2 is 1.25 bits per heavy atom. The van der Waals surface area contributed by atoms with Crippen molar-refractivity contribution >= 4 is 29.6 Å². The number of carbonyl (C=O) groups is 5. The predicted molar refractivity (Wildman–Crippen MR) is 150 cm³/mol. The Morgan fingerprint density at radius 3 is 1.73 bits per heavy atom. The summed E-state index contributed by atoms with van der Waals surface area (Å²) in [6, 6.07) is 3.59. The van der Waals surface area contributed by atoms with Gasteiger partial charge in [-0.05, 0) is 29.7 Å². The first kappa shape index (κ1) is 34.5. The average molecular weight is 564 g/mol. The minimum absolute atomic E-state index is 0.280. The molecule has 8 N–H and O–H groups in total. The van der Waals surface area contributed by atoms with Crippen molar-refractivity contribution in [3.05, 3.63) is 35.9 Å². The molecular formula is C28H45N5O7. The second kappa shape index (κ2) is 16.6. The van der Waals surface area contributed by atoms with Gasteiger partial charge in [-0.3, -0.25) is 19.2 Å². The normalized spacial score (nSPS) is 15.8. The molecule has 0 bridgehead atoms. The molecule has 12 nitrogen and oxygen atoms in total. The number of carboxylic acid groups (broad SMARTS) is 1. The van der Waals surface area contributed by atoms with E-state index in [9.17, 15) is 34.2 Å². The lowest BCUT2D eigenvalue weighted by Gasteiger charge is -2.29. The summed E-state index contributed by atoms with van der Waals surface area (Å²) in [5.41, 5.74) is 6.97. The van der Waals surface area contributed by atoms with E-state index in [2.05, 4.69) is 21.3 Å². The highest BCUT2D eigenvalue weighted by Crippen LogP contribution is 2.12. The standard InChI is InChI=1S/C28H45N5O7/c1-7-17(6)23(33-24(35)19(29)13-18-11-9-8-10-12-18)27(38)31-21(15(2)3)26(37)30-20(14-34)25(36)32-22(16(4)5)28(39)40/h8-12,15-17,19-23,34H,7,13-14,29H2,1-6H3,(H,30,37)(H,31,38)(H,32,36)(H,33,35)(H,39,40)/t17-,19-,20-,21-,22-,23-/m0/s1. The molecule has 224 valence electrons. The lowest BCUT2D eigenvalue weighted by atomic mass is 9.95. The van der Waals surface area contributed by atoms with Gasteiger partial charge in [0.1, 0.15) is 24.2 Å². The van der Waals surface area contributed by atoms with Crippen molar-refractivity contribution in [2.24, 2.45) is 23.5 Å². The number of benzene rings is 1. The third-order valence-electron chi connectivity index (χ3n) is 6.72. The van der Waals surface area contributed by atoms with Gasteiger partial charge in [0.25, 0.3) is 0 Å². The van der Waals surface area contributed by atoms with Crippen LogP contribution in [0.1, 0.15) is 53.5 Å². The summed E-state index contributed by atoms with van der Waals surface area (Å²) in [5, 5.41) is 29.1. The molecule has 4 amide bonds. The van der Waals surface area contributed by atoms with E-state index >= 15 is 0 Å². The maximum absolute atomic E-state index is 13.3. The summed E-state index contributed by atoms with van der Waals surface area (Å²) >= 11 is 0. The summed E-state index contributed by atoms with van der Waals surface area (Å²) in [5.74, 6) is -5.13. The summed E-state index contributed by atoms with van der Waals surface area (Å²) in [6.07, 6.45) is 0.834. The zero-order valence-electron chi connectivity index (χ0n) is 24.1. The van der Waals surface area contributed by atoms with E-state index in [0.29, 0.717) is 6.42 Å². The Morgan fingerprint density at radius 1 is 0.750 bits per heavy atom. The number of nitrogens with one attached hydrogen (secondary N) is 4. The first-order chi connectivity index (χ1) is 18.7. The molecule has 0 spiro atoms. The van der Waals surface area contributed by atoms with Crippen LogP contribution in [0.4, 0.5) is 0 Å². The van der Waals surface area contributed by atoms with Crippen LogP contribution in [0.15, 0.2) is 30.3 Å². The predicted octanol–water partition coefficient (Wildman–Crippen LogP) is -0.0694. The number of nitrogens with two attached hydrogens (primary N) is 1. The molecule has 6 atom stereocenters. The lowest BCUT2D eigenvalue weighted by Crippen LogP contribution is -2.61. The number of carboxylic acids is 1. The summed E-state index contributed by atoms with van der Waals surface area (Å²) in [7, 11) is 0. The maximum Gasteiger partial charge on any atom is 0.326 e. The third-order valence-corrected chi connectivity index (χ3v) is 6.72. The van der Waals surface area contributed by atoms with Gasteiger partial charge in [-0.25, -0.2) is 4.79 Å². The van der Waals surface area contributed by atoms with E-state index in [4.69, 9.17) is 5.73 Å². The molecule has 1 aromatic carbocycles. The molecule has 0 saturated carbocycles. The molecule has 1 aromatic rings. The molecule has 40 heavy (non-hydrogen) atoms. The van der Waals surface area contributed by atoms with Gasteiger partial charge < -0.3 is 37.2 Å². The fraction of sp³-hybridized carbons (Fsp3) is 0.607. The van der Waals surface area contributed by atoms with Crippen LogP contribution in [0.5, 0.6) is 0 Å². The quantitative estimate of drug-likeness (QED) is 0.145. The van der Waals surface area contributed by atoms with Crippen molar-refractivity contribution in [2.75, 3.05) is 6.61 Å². The van der Waals surface area contributed by atoms with E-state index in [1.807, 2.05) is 37.3 Å². The molecule has 0 saturated heterocycles. The van der Waals surface area contributed by atoms with E-state index in [-0.39, 0.29) is 12.3 Å². The second-order valence-electron chi connectivity index (χ2n) is 10.7. The minimum Gasteiger partial charge on any atom is -0.480 e. The van der Waals surface area contributed by atoms with Crippen LogP contribution in [0.3, 0.4) is 0 Å². The molecule has 0 aliphatic rings. The van der Waals surface area contributed by atoms with Gasteiger partial charge in [0.05, 0.1) is 12.6 Å². The number of rotatable bonds is 16. The van der Waals surface area contributed by atoms with Crippen molar-refractivity contribution < 1.29 is 34.2 Å². The Labute approximate surface area is 235 Å². The van der Waals surface area contributed by atoms with Crippen molar-refractivity contribution in [3.63, 3.8) is 0 Å². The molecule has 0 aromatic heterocycles. The first-order valence-electron chi connectivity index (χ1n) is 13.6. The monoisotopic (exact) mass is 563 g/mol. The van der Waals surface area contributed by atoms with Gasteiger partial charge >= 0.3 is 5.97 Å². The van der Waals surface area contributed by atoms with Crippen molar-refractivity contribution in [1.82, 2.24) is 21.3 Å². The van der Waals surface area contributed by atoms with Gasteiger partial charge in [-0.2, -0.15) is 0 Å². The molecule has 0 aliphatic heterocycles. The van der Waals surface area contributed by atoms with Crippen LogP contribution in [0.2, 0.25) is 0 Å². The van der Waals surface area contributed by atoms with Crippen LogP contribution < -0.4 is 27.0 Å². The van der Waals surface area contributed by atoms with Crippen LogP contribution in [-0.2, 0) is 30.4 Å². The van der Waals surface area contributed by atoms with Gasteiger partial charge in [0, 0.05) is 0 Å². The van der Waals surface area contributed by atoms with E-state index in [0.717, 1.165) is 5.56 Å². The van der Waals surface area contributed by atoms with Gasteiger partial charge in [-0.15, -0.1) is 0 Å². The second-order valence-corrected chi connectivity index (χ2v) is 10.7. The Kier molecular flexibility index (Phi) is 14.3. The highest BCUT2D eigenvalue weighted by atomic mass is 16.4.